The molecule has 0 bridgehead atoms. The molecule has 0 radical (unpaired) electrons. The van der Waals surface area contributed by atoms with Crippen LogP contribution in [0.15, 0.2) is 24.3 Å². The van der Waals surface area contributed by atoms with E-state index in [4.69, 9.17) is 5.73 Å². The Morgan fingerprint density at radius 2 is 2.07 bits per heavy atom. The Bertz CT molecular complexity index is 401. The van der Waals surface area contributed by atoms with E-state index in [2.05, 4.69) is 5.32 Å². The van der Waals surface area contributed by atoms with Crippen LogP contribution in [0.1, 0.15) is 5.56 Å². The summed E-state index contributed by atoms with van der Waals surface area (Å²) >= 11 is 0. The SMILES string of the molecule is NCc1ccccc1N1C(=O)CNC1=O. The van der Waals surface area contributed by atoms with Gasteiger partial charge in [0.15, 0.2) is 0 Å². The maximum absolute atomic E-state index is 11.5. The first-order valence-corrected chi connectivity index (χ1v) is 4.63. The number of amides is 3. The molecule has 1 saturated heterocycles. The van der Waals surface area contributed by atoms with E-state index in [1.165, 1.54) is 0 Å². The number of para-hydroxylation sites is 1. The summed E-state index contributed by atoms with van der Waals surface area (Å²) in [6.07, 6.45) is 0. The summed E-state index contributed by atoms with van der Waals surface area (Å²) in [6.45, 7) is 0.352. The van der Waals surface area contributed by atoms with Crippen LogP contribution in [0.5, 0.6) is 0 Å². The molecule has 1 aromatic carbocycles. The number of anilines is 1. The fraction of sp³-hybridized carbons (Fsp3) is 0.200. The zero-order valence-corrected chi connectivity index (χ0v) is 8.06. The van der Waals surface area contributed by atoms with Crippen molar-refractivity contribution in [1.82, 2.24) is 5.32 Å². The minimum atomic E-state index is -0.388. The van der Waals surface area contributed by atoms with Gasteiger partial charge in [-0.3, -0.25) is 4.79 Å². The smallest absolute Gasteiger partial charge is 0.328 e. The summed E-state index contributed by atoms with van der Waals surface area (Å²) in [6, 6.07) is 6.72. The molecule has 15 heavy (non-hydrogen) atoms. The van der Waals surface area contributed by atoms with Gasteiger partial charge in [-0.15, -0.1) is 0 Å². The van der Waals surface area contributed by atoms with E-state index in [0.717, 1.165) is 10.5 Å². The van der Waals surface area contributed by atoms with Crippen LogP contribution in [0, 0.1) is 0 Å². The third-order valence-corrected chi connectivity index (χ3v) is 2.30. The summed E-state index contributed by atoms with van der Waals surface area (Å²) in [5, 5.41) is 2.47. The van der Waals surface area contributed by atoms with Crippen molar-refractivity contribution in [2.75, 3.05) is 11.4 Å². The quantitative estimate of drug-likeness (QED) is 0.677. The molecule has 0 spiro atoms. The summed E-state index contributed by atoms with van der Waals surface area (Å²) in [5.74, 6) is -0.249. The van der Waals surface area contributed by atoms with Gasteiger partial charge >= 0.3 is 6.03 Å². The third kappa shape index (κ3) is 1.57. The summed E-state index contributed by atoms with van der Waals surface area (Å²) in [5.41, 5.74) is 6.89. The Morgan fingerprint density at radius 3 is 2.67 bits per heavy atom. The fourth-order valence-electron chi connectivity index (χ4n) is 1.57. The molecule has 1 fully saturated rings. The lowest BCUT2D eigenvalue weighted by Gasteiger charge is -2.15. The van der Waals surface area contributed by atoms with Gasteiger partial charge in [0.25, 0.3) is 5.91 Å². The normalized spacial score (nSPS) is 15.7. The number of rotatable bonds is 2. The van der Waals surface area contributed by atoms with E-state index >= 15 is 0 Å². The maximum Gasteiger partial charge on any atom is 0.329 e. The minimum absolute atomic E-state index is 0.0533. The molecule has 5 heteroatoms. The van der Waals surface area contributed by atoms with E-state index in [0.29, 0.717) is 12.2 Å². The van der Waals surface area contributed by atoms with Crippen LogP contribution in [0.2, 0.25) is 0 Å². The number of benzene rings is 1. The van der Waals surface area contributed by atoms with Crippen LogP contribution < -0.4 is 16.0 Å². The lowest BCUT2D eigenvalue weighted by molar-refractivity contribution is -0.115. The highest BCUT2D eigenvalue weighted by molar-refractivity contribution is 6.20. The molecule has 3 N–H and O–H groups in total. The Balaban J connectivity index is 2.44. The first-order valence-electron chi connectivity index (χ1n) is 4.63. The molecule has 78 valence electrons. The molecule has 1 heterocycles. The number of carbonyl (C=O) groups is 2. The molecular formula is C10H11N3O2. The summed E-state index contributed by atoms with van der Waals surface area (Å²) in [4.78, 5) is 24.0. The van der Waals surface area contributed by atoms with Gasteiger partial charge in [-0.2, -0.15) is 0 Å². The van der Waals surface area contributed by atoms with Gasteiger partial charge in [0.2, 0.25) is 0 Å². The number of nitrogens with two attached hydrogens (primary N) is 1. The highest BCUT2D eigenvalue weighted by atomic mass is 16.2. The number of nitrogens with zero attached hydrogens (tertiary/aromatic N) is 1. The van der Waals surface area contributed by atoms with Gasteiger partial charge in [-0.25, -0.2) is 9.69 Å². The van der Waals surface area contributed by atoms with Crippen molar-refractivity contribution in [3.05, 3.63) is 29.8 Å². The number of imide groups is 1. The van der Waals surface area contributed by atoms with Crippen molar-refractivity contribution in [2.24, 2.45) is 5.73 Å². The van der Waals surface area contributed by atoms with Crippen molar-refractivity contribution in [3.8, 4) is 0 Å². The highest BCUT2D eigenvalue weighted by Gasteiger charge is 2.30. The maximum atomic E-state index is 11.5. The van der Waals surface area contributed by atoms with Crippen LogP contribution in [-0.4, -0.2) is 18.5 Å². The molecule has 3 amide bonds. The van der Waals surface area contributed by atoms with E-state index in [1.54, 1.807) is 18.2 Å². The Morgan fingerprint density at radius 1 is 1.33 bits per heavy atom. The van der Waals surface area contributed by atoms with E-state index in [-0.39, 0.29) is 18.5 Å². The average molecular weight is 205 g/mol. The van der Waals surface area contributed by atoms with Crippen LogP contribution >= 0.6 is 0 Å². The van der Waals surface area contributed by atoms with Crippen molar-refractivity contribution in [3.63, 3.8) is 0 Å². The predicted octanol–water partition coefficient (Wildman–Crippen LogP) is 0.202. The van der Waals surface area contributed by atoms with E-state index in [9.17, 15) is 9.59 Å². The largest absolute Gasteiger partial charge is 0.329 e. The van der Waals surface area contributed by atoms with Gasteiger partial charge in [0.1, 0.15) is 0 Å². The first-order chi connectivity index (χ1) is 7.24. The topological polar surface area (TPSA) is 75.4 Å². The molecule has 0 atom stereocenters. The fourth-order valence-corrected chi connectivity index (χ4v) is 1.57. The summed E-state index contributed by atoms with van der Waals surface area (Å²) in [7, 11) is 0. The van der Waals surface area contributed by atoms with Gasteiger partial charge < -0.3 is 11.1 Å². The van der Waals surface area contributed by atoms with Crippen LogP contribution in [-0.2, 0) is 11.3 Å². The zero-order chi connectivity index (χ0) is 10.8. The molecule has 1 aromatic rings. The van der Waals surface area contributed by atoms with Crippen molar-refractivity contribution in [1.29, 1.82) is 0 Å². The molecule has 0 aliphatic carbocycles. The number of nitrogens with one attached hydrogen (secondary N) is 1. The minimum Gasteiger partial charge on any atom is -0.328 e. The van der Waals surface area contributed by atoms with Crippen molar-refractivity contribution >= 4 is 17.6 Å². The second-order valence-corrected chi connectivity index (χ2v) is 3.22. The van der Waals surface area contributed by atoms with Gasteiger partial charge in [-0.1, -0.05) is 18.2 Å². The zero-order valence-electron chi connectivity index (χ0n) is 8.06. The molecule has 0 saturated carbocycles. The second kappa shape index (κ2) is 3.70. The molecule has 1 aliphatic rings. The number of hydrogen-bond acceptors (Lipinski definition) is 3. The number of carbonyl (C=O) groups excluding carboxylic acids is 2. The standard InChI is InChI=1S/C10H11N3O2/c11-5-7-3-1-2-4-8(7)13-9(14)6-12-10(13)15/h1-4H,5-6,11H2,(H,12,15). The van der Waals surface area contributed by atoms with Gasteiger partial charge in [0.05, 0.1) is 12.2 Å². The van der Waals surface area contributed by atoms with Gasteiger partial charge in [-0.05, 0) is 11.6 Å². The third-order valence-electron chi connectivity index (χ3n) is 2.30. The summed E-state index contributed by atoms with van der Waals surface area (Å²) < 4.78 is 0. The van der Waals surface area contributed by atoms with Gasteiger partial charge in [0, 0.05) is 6.54 Å². The van der Waals surface area contributed by atoms with E-state index < -0.39 is 0 Å². The molecule has 0 unspecified atom stereocenters. The Hall–Kier alpha value is -1.88. The van der Waals surface area contributed by atoms with Crippen LogP contribution in [0.4, 0.5) is 10.5 Å². The van der Waals surface area contributed by atoms with Crippen molar-refractivity contribution in [2.45, 2.75) is 6.54 Å². The first kappa shape index (κ1) is 9.67. The average Bonchev–Trinajstić information content (AvgIpc) is 2.59. The van der Waals surface area contributed by atoms with Crippen LogP contribution in [0.3, 0.4) is 0 Å². The number of urea groups is 1. The second-order valence-electron chi connectivity index (χ2n) is 3.22. The Labute approximate surface area is 86.9 Å². The Kier molecular flexibility index (Phi) is 2.39. The molecule has 1 aliphatic heterocycles. The van der Waals surface area contributed by atoms with Crippen LogP contribution in [0.25, 0.3) is 0 Å². The van der Waals surface area contributed by atoms with E-state index in [1.807, 2.05) is 6.07 Å². The monoisotopic (exact) mass is 205 g/mol. The lowest BCUT2D eigenvalue weighted by Crippen LogP contribution is -2.31. The molecular weight excluding hydrogens is 194 g/mol. The molecule has 2 rings (SSSR count). The van der Waals surface area contributed by atoms with Crippen molar-refractivity contribution < 1.29 is 9.59 Å². The lowest BCUT2D eigenvalue weighted by atomic mass is 10.1. The number of hydrogen-bond donors (Lipinski definition) is 2. The molecule has 5 nitrogen and oxygen atoms in total. The molecule has 0 aromatic heterocycles. The predicted molar refractivity (Wildman–Crippen MR) is 55.2 cm³/mol. The highest BCUT2D eigenvalue weighted by Crippen LogP contribution is 2.21.